The number of aliphatic carboxylic acids is 1. The Labute approximate surface area is 116 Å². The minimum Gasteiger partial charge on any atom is -0.480 e. The molecule has 0 aromatic heterocycles. The zero-order valence-electron chi connectivity index (χ0n) is 11.1. The van der Waals surface area contributed by atoms with E-state index in [4.69, 9.17) is 14.2 Å². The Morgan fingerprint density at radius 3 is 2.53 bits per heavy atom. The molecular weight excluding hydrogens is 293 g/mol. The van der Waals surface area contributed by atoms with Crippen LogP contribution < -0.4 is 0 Å². The fraction of sp³-hybridized carbons (Fsp3) is 0.800. The third-order valence-corrected chi connectivity index (χ3v) is 6.05. The molecule has 0 bridgehead atoms. The Bertz CT molecular complexity index is 395. The summed E-state index contributed by atoms with van der Waals surface area (Å²) in [6, 6.07) is -0.815. The predicted molar refractivity (Wildman–Crippen MR) is 71.3 cm³/mol. The highest BCUT2D eigenvalue weighted by Gasteiger charge is 2.38. The normalized spacial score (nSPS) is 21.4. The molecule has 0 spiro atoms. The van der Waals surface area contributed by atoms with E-state index in [1.165, 1.54) is 30.9 Å². The van der Waals surface area contributed by atoms with Crippen molar-refractivity contribution in [3.63, 3.8) is 0 Å². The van der Waals surface area contributed by atoms with Crippen LogP contribution in [0, 0.1) is 5.92 Å². The van der Waals surface area contributed by atoms with E-state index in [0.29, 0.717) is 11.6 Å². The summed E-state index contributed by atoms with van der Waals surface area (Å²) >= 11 is 1.39. The van der Waals surface area contributed by atoms with Crippen LogP contribution in [0.1, 0.15) is 6.92 Å². The Morgan fingerprint density at radius 1 is 1.47 bits per heavy atom. The monoisotopic (exact) mass is 311 g/mol. The van der Waals surface area contributed by atoms with Gasteiger partial charge < -0.3 is 19.1 Å². The summed E-state index contributed by atoms with van der Waals surface area (Å²) in [6.45, 7) is 1.59. The van der Waals surface area contributed by atoms with Crippen LogP contribution in [-0.4, -0.2) is 59.9 Å². The number of hydrogen-bond acceptors (Lipinski definition) is 6. The van der Waals surface area contributed by atoms with Gasteiger partial charge >= 0.3 is 13.6 Å². The molecule has 7 nitrogen and oxygen atoms in total. The first kappa shape index (κ1) is 16.5. The zero-order chi connectivity index (χ0) is 14.6. The molecule has 0 radical (unpaired) electrons. The van der Waals surface area contributed by atoms with Crippen molar-refractivity contribution in [1.82, 2.24) is 4.90 Å². The quantitative estimate of drug-likeness (QED) is 0.734. The molecule has 2 atom stereocenters. The van der Waals surface area contributed by atoms with E-state index in [1.54, 1.807) is 6.92 Å². The Balaban J connectivity index is 2.72. The van der Waals surface area contributed by atoms with Gasteiger partial charge in [-0.25, -0.2) is 4.79 Å². The van der Waals surface area contributed by atoms with Crippen molar-refractivity contribution in [3.8, 4) is 0 Å². The highest BCUT2D eigenvalue weighted by molar-refractivity contribution is 7.99. The Kier molecular flexibility index (Phi) is 5.85. The van der Waals surface area contributed by atoms with E-state index >= 15 is 0 Å². The van der Waals surface area contributed by atoms with Crippen LogP contribution in [0.25, 0.3) is 0 Å². The predicted octanol–water partition coefficient (Wildman–Crippen LogP) is 1.09. The minimum atomic E-state index is -3.28. The molecule has 1 aliphatic rings. The largest absolute Gasteiger partial charge is 0.480 e. The van der Waals surface area contributed by atoms with Crippen molar-refractivity contribution in [1.29, 1.82) is 0 Å². The van der Waals surface area contributed by atoms with Crippen molar-refractivity contribution >= 4 is 31.2 Å². The molecule has 0 saturated carbocycles. The van der Waals surface area contributed by atoms with Crippen LogP contribution in [0.4, 0.5) is 0 Å². The average Bonchev–Trinajstić information content (AvgIpc) is 2.86. The Hall–Kier alpha value is -0.560. The minimum absolute atomic E-state index is 0.0632. The molecule has 1 saturated heterocycles. The van der Waals surface area contributed by atoms with E-state index < -0.39 is 25.5 Å². The molecule has 1 rings (SSSR count). The topological polar surface area (TPSA) is 93.1 Å². The summed E-state index contributed by atoms with van der Waals surface area (Å²) < 4.78 is 21.5. The molecule has 0 aromatic rings. The van der Waals surface area contributed by atoms with Crippen LogP contribution in [0.2, 0.25) is 0 Å². The van der Waals surface area contributed by atoms with Gasteiger partial charge in [0.05, 0.1) is 12.0 Å². The first-order chi connectivity index (χ1) is 8.84. The number of hydrogen-bond donors (Lipinski definition) is 1. The maximum absolute atomic E-state index is 12.2. The first-order valence-electron chi connectivity index (χ1n) is 5.66. The van der Waals surface area contributed by atoms with Crippen molar-refractivity contribution in [2.75, 3.05) is 32.0 Å². The zero-order valence-corrected chi connectivity index (χ0v) is 12.8. The number of thioether (sulfide) groups is 1. The second-order valence-electron chi connectivity index (χ2n) is 4.22. The summed E-state index contributed by atoms with van der Waals surface area (Å²) in [7, 11) is -0.762. The van der Waals surface area contributed by atoms with Crippen molar-refractivity contribution < 1.29 is 28.3 Å². The molecule has 1 heterocycles. The number of amides is 1. The lowest BCUT2D eigenvalue weighted by atomic mass is 10.1. The summed E-state index contributed by atoms with van der Waals surface area (Å²) in [5, 5.41) is 9.03. The summed E-state index contributed by atoms with van der Waals surface area (Å²) in [4.78, 5) is 24.5. The van der Waals surface area contributed by atoms with Gasteiger partial charge in [-0.15, -0.1) is 11.8 Å². The standard InChI is InChI=1S/C10H18NO6PS/c1-7(4-18(15,16-2)17-3)9(12)11-6-19-5-8(11)10(13)14/h7-8H,4-6H2,1-3H3,(H,13,14). The SMILES string of the molecule is COP(=O)(CC(C)C(=O)N1CSCC1C(=O)O)OC. The molecule has 19 heavy (non-hydrogen) atoms. The van der Waals surface area contributed by atoms with Crippen molar-refractivity contribution in [2.45, 2.75) is 13.0 Å². The summed E-state index contributed by atoms with van der Waals surface area (Å²) in [5.41, 5.74) is 0. The second-order valence-corrected chi connectivity index (χ2v) is 7.54. The maximum atomic E-state index is 12.2. The lowest BCUT2D eigenvalue weighted by Crippen LogP contribution is -2.44. The molecular formula is C10H18NO6PS. The molecule has 1 aliphatic heterocycles. The van der Waals surface area contributed by atoms with Crippen LogP contribution >= 0.6 is 19.4 Å². The van der Waals surface area contributed by atoms with E-state index in [2.05, 4.69) is 0 Å². The molecule has 1 fully saturated rings. The summed E-state index contributed by atoms with van der Waals surface area (Å²) in [6.07, 6.45) is -0.0632. The molecule has 1 amide bonds. The van der Waals surface area contributed by atoms with Crippen LogP contribution in [0.15, 0.2) is 0 Å². The van der Waals surface area contributed by atoms with Gasteiger partial charge in [-0.05, 0) is 0 Å². The molecule has 9 heteroatoms. The van der Waals surface area contributed by atoms with Crippen LogP contribution in [0.3, 0.4) is 0 Å². The van der Waals surface area contributed by atoms with Gasteiger partial charge in [-0.2, -0.15) is 0 Å². The fourth-order valence-corrected chi connectivity index (χ4v) is 4.21. The molecule has 110 valence electrons. The number of nitrogens with zero attached hydrogens (tertiary/aromatic N) is 1. The van der Waals surface area contributed by atoms with Gasteiger partial charge in [0.15, 0.2) is 0 Å². The molecule has 2 unspecified atom stereocenters. The molecule has 0 aliphatic carbocycles. The Morgan fingerprint density at radius 2 is 2.05 bits per heavy atom. The lowest BCUT2D eigenvalue weighted by Gasteiger charge is -2.25. The van der Waals surface area contributed by atoms with E-state index in [1.807, 2.05) is 0 Å². The van der Waals surface area contributed by atoms with Gasteiger partial charge in [0.25, 0.3) is 0 Å². The second kappa shape index (κ2) is 6.74. The first-order valence-corrected chi connectivity index (χ1v) is 8.54. The number of carboxylic acid groups (broad SMARTS) is 1. The van der Waals surface area contributed by atoms with Gasteiger partial charge in [-0.3, -0.25) is 9.36 Å². The van der Waals surface area contributed by atoms with Crippen LogP contribution in [-0.2, 0) is 23.2 Å². The van der Waals surface area contributed by atoms with Gasteiger partial charge in [-0.1, -0.05) is 6.92 Å². The third kappa shape index (κ3) is 3.95. The highest BCUT2D eigenvalue weighted by Crippen LogP contribution is 2.48. The number of carbonyl (C=O) groups excluding carboxylic acids is 1. The smallest absolute Gasteiger partial charge is 0.330 e. The van der Waals surface area contributed by atoms with Gasteiger partial charge in [0, 0.05) is 25.9 Å². The van der Waals surface area contributed by atoms with Crippen molar-refractivity contribution in [3.05, 3.63) is 0 Å². The van der Waals surface area contributed by atoms with Gasteiger partial charge in [0.1, 0.15) is 6.04 Å². The summed E-state index contributed by atoms with van der Waals surface area (Å²) in [5.74, 6) is -1.27. The number of carbonyl (C=O) groups is 2. The average molecular weight is 311 g/mol. The highest BCUT2D eigenvalue weighted by atomic mass is 32.2. The third-order valence-electron chi connectivity index (χ3n) is 2.93. The lowest BCUT2D eigenvalue weighted by molar-refractivity contribution is -0.148. The number of rotatable bonds is 6. The van der Waals surface area contributed by atoms with E-state index in [-0.39, 0.29) is 12.1 Å². The van der Waals surface area contributed by atoms with Crippen LogP contribution in [0.5, 0.6) is 0 Å². The van der Waals surface area contributed by atoms with Crippen molar-refractivity contribution in [2.24, 2.45) is 5.92 Å². The van der Waals surface area contributed by atoms with E-state index in [0.717, 1.165) is 0 Å². The van der Waals surface area contributed by atoms with E-state index in [9.17, 15) is 14.2 Å². The fourth-order valence-electron chi connectivity index (χ4n) is 1.78. The van der Waals surface area contributed by atoms with Gasteiger partial charge in [0.2, 0.25) is 5.91 Å². The maximum Gasteiger partial charge on any atom is 0.330 e. The molecule has 0 aromatic carbocycles. The molecule has 1 N–H and O–H groups in total. The number of carboxylic acids is 1.